The quantitative estimate of drug-likeness (QED) is 0.439. The van der Waals surface area contributed by atoms with Gasteiger partial charge >= 0.3 is 0 Å². The van der Waals surface area contributed by atoms with Crippen LogP contribution in [0, 0.1) is 11.8 Å². The van der Waals surface area contributed by atoms with Crippen LogP contribution in [0.15, 0.2) is 24.5 Å². The van der Waals surface area contributed by atoms with Crippen LogP contribution in [0.1, 0.15) is 46.1 Å². The van der Waals surface area contributed by atoms with Crippen LogP contribution in [0.3, 0.4) is 0 Å². The van der Waals surface area contributed by atoms with Gasteiger partial charge in [-0.05, 0) is 36.6 Å². The van der Waals surface area contributed by atoms with Crippen LogP contribution in [-0.4, -0.2) is 78.8 Å². The number of pyridine rings is 1. The lowest BCUT2D eigenvalue weighted by Crippen LogP contribution is -2.54. The molecule has 8 heteroatoms. The van der Waals surface area contributed by atoms with Crippen molar-refractivity contribution >= 4 is 18.1 Å². The predicted molar refractivity (Wildman–Crippen MR) is 125 cm³/mol. The molecule has 0 aliphatic carbocycles. The zero-order valence-corrected chi connectivity index (χ0v) is 20.6. The summed E-state index contributed by atoms with van der Waals surface area (Å²) in [6, 6.07) is 3.21. The van der Waals surface area contributed by atoms with Gasteiger partial charge in [-0.2, -0.15) is 0 Å². The highest BCUT2D eigenvalue weighted by molar-refractivity contribution is 5.87. The van der Waals surface area contributed by atoms with E-state index in [-0.39, 0.29) is 54.8 Å². The Labute approximate surface area is 192 Å². The van der Waals surface area contributed by atoms with E-state index in [0.717, 1.165) is 18.3 Å². The number of carbonyl (C=O) groups is 3. The van der Waals surface area contributed by atoms with Gasteiger partial charge in [0.05, 0.1) is 24.7 Å². The van der Waals surface area contributed by atoms with E-state index in [2.05, 4.69) is 10.3 Å². The number of aromatic nitrogens is 1. The number of likely N-dealkylation sites (N-methyl/N-ethyl adjacent to an activating group) is 2. The van der Waals surface area contributed by atoms with Crippen molar-refractivity contribution in [2.45, 2.75) is 65.3 Å². The molecule has 4 unspecified atom stereocenters. The first-order chi connectivity index (χ1) is 15.2. The fourth-order valence-electron chi connectivity index (χ4n) is 4.15. The molecule has 180 valence electrons. The van der Waals surface area contributed by atoms with E-state index in [1.54, 1.807) is 31.5 Å². The molecule has 0 fully saturated rings. The second kappa shape index (κ2) is 14.0. The van der Waals surface area contributed by atoms with Gasteiger partial charge in [0.2, 0.25) is 11.8 Å². The van der Waals surface area contributed by atoms with E-state index in [1.807, 2.05) is 51.8 Å². The van der Waals surface area contributed by atoms with Crippen molar-refractivity contribution in [3.05, 3.63) is 30.1 Å². The Kier molecular flexibility index (Phi) is 12.1. The third-order valence-electron chi connectivity index (χ3n) is 6.05. The molecule has 0 radical (unpaired) electrons. The van der Waals surface area contributed by atoms with Gasteiger partial charge in [0.25, 0.3) is 0 Å². The van der Waals surface area contributed by atoms with Gasteiger partial charge in [-0.15, -0.1) is 0 Å². The highest BCUT2D eigenvalue weighted by atomic mass is 16.5. The summed E-state index contributed by atoms with van der Waals surface area (Å²) in [6.07, 6.45) is 4.94. The van der Waals surface area contributed by atoms with Crippen LogP contribution in [0.2, 0.25) is 0 Å². The van der Waals surface area contributed by atoms with Gasteiger partial charge in [-0.3, -0.25) is 19.5 Å². The lowest BCUT2D eigenvalue weighted by Gasteiger charge is -2.37. The molecule has 0 saturated heterocycles. The summed E-state index contributed by atoms with van der Waals surface area (Å²) in [4.78, 5) is 44.6. The zero-order valence-electron chi connectivity index (χ0n) is 20.6. The van der Waals surface area contributed by atoms with Crippen LogP contribution in [0.4, 0.5) is 0 Å². The first-order valence-corrected chi connectivity index (χ1v) is 11.3. The molecule has 2 amide bonds. The molecule has 32 heavy (non-hydrogen) atoms. The summed E-state index contributed by atoms with van der Waals surface area (Å²) in [7, 11) is 5.16. The van der Waals surface area contributed by atoms with Crippen LogP contribution < -0.4 is 5.32 Å². The number of hydrogen-bond acceptors (Lipinski definition) is 6. The number of amides is 2. The van der Waals surface area contributed by atoms with Crippen LogP contribution in [0.25, 0.3) is 0 Å². The maximum absolute atomic E-state index is 13.0. The van der Waals surface area contributed by atoms with Crippen molar-refractivity contribution in [1.82, 2.24) is 20.1 Å². The molecule has 8 nitrogen and oxygen atoms in total. The Morgan fingerprint density at radius 3 is 2.31 bits per heavy atom. The van der Waals surface area contributed by atoms with Crippen LogP contribution in [-0.2, 0) is 25.7 Å². The number of carbonyl (C=O) groups excluding carboxylic acids is 3. The smallest absolute Gasteiger partial charge is 0.242 e. The fraction of sp³-hybridized carbons (Fsp3) is 0.667. The molecule has 1 rings (SSSR count). The number of aldehydes is 1. The zero-order chi connectivity index (χ0) is 24.3. The molecule has 0 bridgehead atoms. The van der Waals surface area contributed by atoms with Gasteiger partial charge in [0, 0.05) is 39.5 Å². The second-order valence-corrected chi connectivity index (χ2v) is 8.73. The summed E-state index contributed by atoms with van der Waals surface area (Å²) < 4.78 is 5.51. The van der Waals surface area contributed by atoms with Crippen molar-refractivity contribution in [1.29, 1.82) is 0 Å². The molecule has 0 saturated carbocycles. The van der Waals surface area contributed by atoms with Gasteiger partial charge in [0.1, 0.15) is 6.29 Å². The van der Waals surface area contributed by atoms with Crippen LogP contribution >= 0.6 is 0 Å². The lowest BCUT2D eigenvalue weighted by atomic mass is 9.91. The van der Waals surface area contributed by atoms with E-state index in [4.69, 9.17) is 4.74 Å². The Morgan fingerprint density at radius 2 is 1.81 bits per heavy atom. The van der Waals surface area contributed by atoms with Gasteiger partial charge in [-0.1, -0.05) is 34.1 Å². The number of nitrogens with zero attached hydrogens (tertiary/aromatic N) is 3. The molecule has 1 heterocycles. The van der Waals surface area contributed by atoms with Gasteiger partial charge in [0.15, 0.2) is 0 Å². The minimum atomic E-state index is -0.387. The maximum atomic E-state index is 13.0. The highest BCUT2D eigenvalue weighted by Gasteiger charge is 2.33. The Bertz CT molecular complexity index is 713. The van der Waals surface area contributed by atoms with Crippen molar-refractivity contribution in [2.75, 3.05) is 27.7 Å². The number of hydrogen-bond donors (Lipinski definition) is 1. The Morgan fingerprint density at radius 1 is 1.19 bits per heavy atom. The number of methoxy groups -OCH3 is 1. The van der Waals surface area contributed by atoms with E-state index < -0.39 is 0 Å². The monoisotopic (exact) mass is 448 g/mol. The minimum absolute atomic E-state index is 0.0630. The average molecular weight is 449 g/mol. The SMILES string of the molecule is CCC(C)C(C(CC=O)OC)N(C)C(=O)CNC(=O)C(C(C)C)N(C)Cc1ccncc1. The van der Waals surface area contributed by atoms with E-state index in [9.17, 15) is 14.4 Å². The molecule has 0 aliphatic rings. The number of ether oxygens (including phenoxy) is 1. The minimum Gasteiger partial charge on any atom is -0.379 e. The van der Waals surface area contributed by atoms with Gasteiger partial charge in [-0.25, -0.2) is 0 Å². The fourth-order valence-corrected chi connectivity index (χ4v) is 4.15. The average Bonchev–Trinajstić information content (AvgIpc) is 2.77. The van der Waals surface area contributed by atoms with E-state index in [0.29, 0.717) is 6.54 Å². The normalized spacial score (nSPS) is 15.2. The predicted octanol–water partition coefficient (Wildman–Crippen LogP) is 2.13. The largest absolute Gasteiger partial charge is 0.379 e. The summed E-state index contributed by atoms with van der Waals surface area (Å²) >= 11 is 0. The van der Waals surface area contributed by atoms with Crippen molar-refractivity contribution in [2.24, 2.45) is 11.8 Å². The van der Waals surface area contributed by atoms with Gasteiger partial charge < -0.3 is 19.7 Å². The number of nitrogens with one attached hydrogen (secondary N) is 1. The summed E-state index contributed by atoms with van der Waals surface area (Å²) in [5.74, 6) is -0.196. The molecule has 1 N–H and O–H groups in total. The first kappa shape index (κ1) is 27.7. The van der Waals surface area contributed by atoms with E-state index >= 15 is 0 Å². The lowest BCUT2D eigenvalue weighted by molar-refractivity contribution is -0.139. The van der Waals surface area contributed by atoms with Crippen molar-refractivity contribution in [3.8, 4) is 0 Å². The molecule has 0 aromatic carbocycles. The Hall–Kier alpha value is -2.32. The van der Waals surface area contributed by atoms with Crippen LogP contribution in [0.5, 0.6) is 0 Å². The molecule has 1 aromatic heterocycles. The molecular weight excluding hydrogens is 408 g/mol. The summed E-state index contributed by atoms with van der Waals surface area (Å²) in [6.45, 7) is 8.55. The molecular formula is C24H40N4O4. The first-order valence-electron chi connectivity index (χ1n) is 11.3. The molecule has 0 aliphatic heterocycles. The highest BCUT2D eigenvalue weighted by Crippen LogP contribution is 2.21. The Balaban J connectivity index is 2.83. The third-order valence-corrected chi connectivity index (χ3v) is 6.05. The maximum Gasteiger partial charge on any atom is 0.242 e. The molecule has 0 spiro atoms. The van der Waals surface area contributed by atoms with E-state index in [1.165, 1.54) is 0 Å². The summed E-state index contributed by atoms with van der Waals surface area (Å²) in [5.41, 5.74) is 1.06. The summed E-state index contributed by atoms with van der Waals surface area (Å²) in [5, 5.41) is 2.82. The molecule has 4 atom stereocenters. The number of rotatable bonds is 14. The third kappa shape index (κ3) is 7.98. The van der Waals surface area contributed by atoms with Crippen molar-refractivity contribution in [3.63, 3.8) is 0 Å². The van der Waals surface area contributed by atoms with Crippen molar-refractivity contribution < 1.29 is 19.1 Å². The second-order valence-electron chi connectivity index (χ2n) is 8.73. The standard InChI is InChI=1S/C24H40N4O4/c1-8-18(4)23(20(32-7)11-14-29)28(6)21(30)15-26-24(31)22(17(2)3)27(5)16-19-9-12-25-13-10-19/h9-10,12-14,17-18,20,22-23H,8,11,15-16H2,1-7H3,(H,26,31). The molecule has 1 aromatic rings. The topological polar surface area (TPSA) is 91.8 Å².